The molecule has 0 fully saturated rings. The predicted molar refractivity (Wildman–Crippen MR) is 106 cm³/mol. The van der Waals surface area contributed by atoms with Gasteiger partial charge < -0.3 is 10.1 Å². The number of nitrogens with zero attached hydrogens (tertiary/aromatic N) is 2. The van der Waals surface area contributed by atoms with Gasteiger partial charge in [-0.25, -0.2) is 4.79 Å². The number of aromatic nitrogens is 1. The number of ether oxygens (including phenoxy) is 1. The molecule has 1 aliphatic rings. The Bertz CT molecular complexity index is 1000. The lowest BCUT2D eigenvalue weighted by Crippen LogP contribution is -2.43. The van der Waals surface area contributed by atoms with Crippen molar-refractivity contribution in [2.45, 2.75) is 13.1 Å². The molecule has 0 spiro atoms. The molecular formula is C22H19N3O3. The van der Waals surface area contributed by atoms with Crippen LogP contribution < -0.4 is 10.2 Å². The lowest BCUT2D eigenvalue weighted by Gasteiger charge is -2.38. The van der Waals surface area contributed by atoms with E-state index >= 15 is 0 Å². The van der Waals surface area contributed by atoms with E-state index < -0.39 is 6.17 Å². The molecule has 1 aliphatic heterocycles. The number of hydrogen-bond donors (Lipinski definition) is 1. The maximum absolute atomic E-state index is 13.3. The van der Waals surface area contributed by atoms with Crippen molar-refractivity contribution in [3.8, 4) is 0 Å². The van der Waals surface area contributed by atoms with Crippen molar-refractivity contribution < 1.29 is 14.3 Å². The second-order valence-electron chi connectivity index (χ2n) is 6.32. The highest BCUT2D eigenvalue weighted by atomic mass is 16.5. The van der Waals surface area contributed by atoms with Crippen molar-refractivity contribution in [1.29, 1.82) is 0 Å². The van der Waals surface area contributed by atoms with Crippen molar-refractivity contribution >= 4 is 23.3 Å². The molecule has 1 N–H and O–H groups in total. The summed E-state index contributed by atoms with van der Waals surface area (Å²) in [5.74, 6) is -0.501. The van der Waals surface area contributed by atoms with Crippen molar-refractivity contribution in [2.24, 2.45) is 0 Å². The number of para-hydroxylation sites is 1. The molecule has 0 saturated heterocycles. The molecule has 1 atom stereocenters. The minimum Gasteiger partial charge on any atom is -0.462 e. The quantitative estimate of drug-likeness (QED) is 0.699. The van der Waals surface area contributed by atoms with E-state index in [0.29, 0.717) is 23.4 Å². The summed E-state index contributed by atoms with van der Waals surface area (Å²) in [4.78, 5) is 31.1. The highest BCUT2D eigenvalue weighted by molar-refractivity contribution is 6.12. The van der Waals surface area contributed by atoms with Crippen molar-refractivity contribution in [2.75, 3.05) is 16.8 Å². The van der Waals surface area contributed by atoms with Gasteiger partial charge in [0.05, 0.1) is 17.7 Å². The van der Waals surface area contributed by atoms with Crippen LogP contribution in [0.1, 0.15) is 39.4 Å². The molecule has 140 valence electrons. The molecule has 28 heavy (non-hydrogen) atoms. The lowest BCUT2D eigenvalue weighted by atomic mass is 10.0. The molecule has 0 radical (unpaired) electrons. The van der Waals surface area contributed by atoms with Gasteiger partial charge >= 0.3 is 5.97 Å². The molecule has 6 nitrogen and oxygen atoms in total. The van der Waals surface area contributed by atoms with Crippen LogP contribution in [0, 0.1) is 0 Å². The van der Waals surface area contributed by atoms with Gasteiger partial charge in [-0.15, -0.1) is 0 Å². The molecule has 4 rings (SSSR count). The van der Waals surface area contributed by atoms with Crippen LogP contribution in [0.3, 0.4) is 0 Å². The first-order chi connectivity index (χ1) is 13.7. The minimum atomic E-state index is -0.412. The van der Waals surface area contributed by atoms with Crippen LogP contribution in [-0.2, 0) is 4.74 Å². The van der Waals surface area contributed by atoms with Crippen molar-refractivity contribution in [3.63, 3.8) is 0 Å². The molecule has 2 heterocycles. The Kier molecular flexibility index (Phi) is 4.76. The van der Waals surface area contributed by atoms with Gasteiger partial charge in [0.15, 0.2) is 0 Å². The summed E-state index contributed by atoms with van der Waals surface area (Å²) in [6.07, 6.45) is 3.02. The van der Waals surface area contributed by atoms with E-state index in [4.69, 9.17) is 4.74 Å². The Labute approximate surface area is 162 Å². The highest BCUT2D eigenvalue weighted by Crippen LogP contribution is 2.36. The molecular weight excluding hydrogens is 354 g/mol. The number of rotatable bonds is 4. The fourth-order valence-corrected chi connectivity index (χ4v) is 3.26. The van der Waals surface area contributed by atoms with Crippen LogP contribution in [0.2, 0.25) is 0 Å². The van der Waals surface area contributed by atoms with Gasteiger partial charge in [-0.1, -0.05) is 18.2 Å². The van der Waals surface area contributed by atoms with Crippen LogP contribution in [0.5, 0.6) is 0 Å². The molecule has 0 aliphatic carbocycles. The Balaban J connectivity index is 1.75. The van der Waals surface area contributed by atoms with Gasteiger partial charge in [0.2, 0.25) is 0 Å². The summed E-state index contributed by atoms with van der Waals surface area (Å²) in [6.45, 7) is 2.08. The summed E-state index contributed by atoms with van der Waals surface area (Å²) in [5, 5.41) is 3.42. The van der Waals surface area contributed by atoms with E-state index in [1.165, 1.54) is 0 Å². The zero-order chi connectivity index (χ0) is 19.5. The number of carbonyl (C=O) groups is 2. The summed E-state index contributed by atoms with van der Waals surface area (Å²) in [5.41, 5.74) is 3.35. The second kappa shape index (κ2) is 7.52. The van der Waals surface area contributed by atoms with E-state index in [1.807, 2.05) is 30.3 Å². The largest absolute Gasteiger partial charge is 0.462 e. The summed E-state index contributed by atoms with van der Waals surface area (Å²) in [6, 6.07) is 18.0. The molecule has 6 heteroatoms. The number of hydrogen-bond acceptors (Lipinski definition) is 5. The number of fused-ring (bicyclic) bond motifs is 1. The number of nitrogens with one attached hydrogen (secondary N) is 1. The number of benzene rings is 2. The topological polar surface area (TPSA) is 71.5 Å². The molecule has 1 amide bonds. The fraction of sp³-hybridized carbons (Fsp3) is 0.136. The van der Waals surface area contributed by atoms with Crippen LogP contribution >= 0.6 is 0 Å². The minimum absolute atomic E-state index is 0.118. The number of anilines is 2. The van der Waals surface area contributed by atoms with E-state index in [-0.39, 0.29) is 11.9 Å². The Hall–Kier alpha value is -3.67. The van der Waals surface area contributed by atoms with E-state index in [0.717, 1.165) is 11.3 Å². The Morgan fingerprint density at radius 3 is 2.61 bits per heavy atom. The zero-order valence-corrected chi connectivity index (χ0v) is 15.3. The average Bonchev–Trinajstić information content (AvgIpc) is 2.75. The number of amides is 1. The van der Waals surface area contributed by atoms with E-state index in [2.05, 4.69) is 10.3 Å². The van der Waals surface area contributed by atoms with E-state index in [9.17, 15) is 9.59 Å². The third kappa shape index (κ3) is 3.20. The first kappa shape index (κ1) is 17.7. The van der Waals surface area contributed by atoms with Gasteiger partial charge in [-0.2, -0.15) is 0 Å². The smallest absolute Gasteiger partial charge is 0.338 e. The Morgan fingerprint density at radius 2 is 1.89 bits per heavy atom. The first-order valence-corrected chi connectivity index (χ1v) is 9.05. The third-order valence-electron chi connectivity index (χ3n) is 4.58. The lowest BCUT2D eigenvalue weighted by molar-refractivity contribution is 0.0526. The molecule has 1 aromatic heterocycles. The number of pyridine rings is 1. The van der Waals surface area contributed by atoms with Gasteiger partial charge in [-0.05, 0) is 49.4 Å². The normalized spacial score (nSPS) is 15.5. The third-order valence-corrected chi connectivity index (χ3v) is 4.58. The van der Waals surface area contributed by atoms with Gasteiger partial charge in [0.1, 0.15) is 6.17 Å². The first-order valence-electron chi connectivity index (χ1n) is 9.05. The molecule has 1 unspecified atom stereocenters. The zero-order valence-electron chi connectivity index (χ0n) is 15.3. The van der Waals surface area contributed by atoms with Crippen LogP contribution in [0.25, 0.3) is 0 Å². The van der Waals surface area contributed by atoms with Crippen LogP contribution in [-0.4, -0.2) is 23.5 Å². The van der Waals surface area contributed by atoms with Crippen molar-refractivity contribution in [3.05, 3.63) is 89.7 Å². The summed E-state index contributed by atoms with van der Waals surface area (Å²) < 4.78 is 5.03. The number of esters is 1. The van der Waals surface area contributed by atoms with Gasteiger partial charge in [0.25, 0.3) is 5.91 Å². The monoisotopic (exact) mass is 373 g/mol. The fourth-order valence-electron chi connectivity index (χ4n) is 3.26. The van der Waals surface area contributed by atoms with Crippen LogP contribution in [0.15, 0.2) is 73.1 Å². The standard InChI is InChI=1S/C22H19N3O3/c1-2-28-22(27)15-9-11-17(12-10-15)25-20(16-6-5-13-23-14-16)24-19-8-4-3-7-18(19)21(25)26/h3-14,20,24H,2H2,1H3. The maximum Gasteiger partial charge on any atom is 0.338 e. The van der Waals surface area contributed by atoms with Crippen molar-refractivity contribution in [1.82, 2.24) is 4.98 Å². The SMILES string of the molecule is CCOC(=O)c1ccc(N2C(=O)c3ccccc3NC2c2cccnc2)cc1. The van der Waals surface area contributed by atoms with Gasteiger partial charge in [-0.3, -0.25) is 14.7 Å². The highest BCUT2D eigenvalue weighted by Gasteiger charge is 2.34. The molecule has 2 aromatic carbocycles. The molecule has 0 saturated carbocycles. The molecule has 3 aromatic rings. The Morgan fingerprint density at radius 1 is 1.11 bits per heavy atom. The molecule has 0 bridgehead atoms. The average molecular weight is 373 g/mol. The maximum atomic E-state index is 13.3. The second-order valence-corrected chi connectivity index (χ2v) is 6.32. The summed E-state index contributed by atoms with van der Waals surface area (Å²) >= 11 is 0. The van der Waals surface area contributed by atoms with Crippen LogP contribution in [0.4, 0.5) is 11.4 Å². The summed E-state index contributed by atoms with van der Waals surface area (Å²) in [7, 11) is 0. The number of carbonyl (C=O) groups excluding carboxylic acids is 2. The predicted octanol–water partition coefficient (Wildman–Crippen LogP) is 4.03. The van der Waals surface area contributed by atoms with Gasteiger partial charge in [0, 0.05) is 29.3 Å². The van der Waals surface area contributed by atoms with E-state index in [1.54, 1.807) is 54.5 Å².